The largest absolute Gasteiger partial charge is 0.478 e. The molecule has 5 heteroatoms. The fraction of sp³-hybridized carbons (Fsp3) is 0.400. The Labute approximate surface area is 124 Å². The number of nitrogens with zero attached hydrogens (tertiary/aromatic N) is 1. The van der Waals surface area contributed by atoms with Crippen molar-refractivity contribution in [3.63, 3.8) is 0 Å². The molecule has 0 aliphatic rings. The van der Waals surface area contributed by atoms with E-state index < -0.39 is 5.97 Å². The van der Waals surface area contributed by atoms with Gasteiger partial charge in [-0.1, -0.05) is 17.7 Å². The first-order valence-electron chi connectivity index (χ1n) is 6.45. The standard InChI is InChI=1S/C15H20ClNO3/c1-4-17(11(2)10-20-3)14-9-13(16)7-5-12(14)6-8-15(18)19/h5-9,11H,4,10H2,1-3H3,(H,18,19)/b8-6+. The first-order valence-corrected chi connectivity index (χ1v) is 6.83. The Morgan fingerprint density at radius 1 is 1.55 bits per heavy atom. The number of anilines is 1. The lowest BCUT2D eigenvalue weighted by Gasteiger charge is -2.31. The zero-order chi connectivity index (χ0) is 15.1. The van der Waals surface area contributed by atoms with E-state index in [2.05, 4.69) is 11.8 Å². The number of hydrogen-bond donors (Lipinski definition) is 1. The number of methoxy groups -OCH3 is 1. The maximum Gasteiger partial charge on any atom is 0.328 e. The normalized spacial score (nSPS) is 12.6. The van der Waals surface area contributed by atoms with Crippen molar-refractivity contribution < 1.29 is 14.6 Å². The maximum absolute atomic E-state index is 10.7. The van der Waals surface area contributed by atoms with E-state index in [-0.39, 0.29) is 6.04 Å². The molecule has 0 aromatic heterocycles. The molecule has 0 bridgehead atoms. The van der Waals surface area contributed by atoms with Crippen molar-refractivity contribution in [3.8, 4) is 0 Å². The first-order chi connectivity index (χ1) is 9.49. The summed E-state index contributed by atoms with van der Waals surface area (Å²) < 4.78 is 5.19. The topological polar surface area (TPSA) is 49.8 Å². The van der Waals surface area contributed by atoms with Crippen LogP contribution >= 0.6 is 11.6 Å². The van der Waals surface area contributed by atoms with Gasteiger partial charge in [-0.2, -0.15) is 0 Å². The summed E-state index contributed by atoms with van der Waals surface area (Å²) in [6.07, 6.45) is 2.71. The third kappa shape index (κ3) is 4.54. The van der Waals surface area contributed by atoms with Gasteiger partial charge in [0.25, 0.3) is 0 Å². The number of likely N-dealkylation sites (N-methyl/N-ethyl adjacent to an activating group) is 1. The zero-order valence-electron chi connectivity index (χ0n) is 12.0. The zero-order valence-corrected chi connectivity index (χ0v) is 12.7. The van der Waals surface area contributed by atoms with Crippen LogP contribution in [0.25, 0.3) is 6.08 Å². The van der Waals surface area contributed by atoms with Gasteiger partial charge in [0.15, 0.2) is 0 Å². The highest BCUT2D eigenvalue weighted by molar-refractivity contribution is 6.31. The minimum atomic E-state index is -0.973. The third-order valence-corrected chi connectivity index (χ3v) is 3.22. The number of halogens is 1. The Morgan fingerprint density at radius 3 is 2.80 bits per heavy atom. The second-order valence-electron chi connectivity index (χ2n) is 4.47. The van der Waals surface area contributed by atoms with Crippen molar-refractivity contribution in [3.05, 3.63) is 34.9 Å². The average Bonchev–Trinajstić information content (AvgIpc) is 2.38. The summed E-state index contributed by atoms with van der Waals surface area (Å²) in [6, 6.07) is 5.58. The Morgan fingerprint density at radius 2 is 2.25 bits per heavy atom. The number of benzene rings is 1. The smallest absolute Gasteiger partial charge is 0.328 e. The number of rotatable bonds is 7. The van der Waals surface area contributed by atoms with E-state index in [0.29, 0.717) is 11.6 Å². The Hall–Kier alpha value is -1.52. The molecule has 0 aliphatic carbocycles. The lowest BCUT2D eigenvalue weighted by Crippen LogP contribution is -2.36. The monoisotopic (exact) mass is 297 g/mol. The molecule has 1 aromatic rings. The highest BCUT2D eigenvalue weighted by atomic mass is 35.5. The summed E-state index contributed by atoms with van der Waals surface area (Å²) in [7, 11) is 1.66. The molecule has 0 aliphatic heterocycles. The Kier molecular flexibility index (Phi) is 6.55. The predicted molar refractivity (Wildman–Crippen MR) is 82.5 cm³/mol. The second-order valence-corrected chi connectivity index (χ2v) is 4.90. The minimum Gasteiger partial charge on any atom is -0.478 e. The number of carbonyl (C=O) groups is 1. The number of carboxylic acids is 1. The molecule has 4 nitrogen and oxygen atoms in total. The summed E-state index contributed by atoms with van der Waals surface area (Å²) in [4.78, 5) is 12.8. The van der Waals surface area contributed by atoms with Crippen LogP contribution in [0, 0.1) is 0 Å². The molecule has 20 heavy (non-hydrogen) atoms. The van der Waals surface area contributed by atoms with Crippen LogP contribution in [-0.4, -0.2) is 37.4 Å². The maximum atomic E-state index is 10.7. The van der Waals surface area contributed by atoms with Crippen LogP contribution in [0.1, 0.15) is 19.4 Å². The quantitative estimate of drug-likeness (QED) is 0.785. The van der Waals surface area contributed by atoms with Crippen LogP contribution in [0.5, 0.6) is 0 Å². The highest BCUT2D eigenvalue weighted by Crippen LogP contribution is 2.27. The first kappa shape index (κ1) is 16.5. The van der Waals surface area contributed by atoms with Crippen molar-refractivity contribution in [2.45, 2.75) is 19.9 Å². The number of carboxylic acid groups (broad SMARTS) is 1. The van der Waals surface area contributed by atoms with Crippen LogP contribution in [-0.2, 0) is 9.53 Å². The molecule has 0 saturated heterocycles. The van der Waals surface area contributed by atoms with E-state index in [0.717, 1.165) is 23.9 Å². The van der Waals surface area contributed by atoms with Crippen molar-refractivity contribution >= 4 is 29.3 Å². The van der Waals surface area contributed by atoms with Gasteiger partial charge >= 0.3 is 5.97 Å². The molecule has 0 fully saturated rings. The summed E-state index contributed by atoms with van der Waals surface area (Å²) >= 11 is 6.06. The minimum absolute atomic E-state index is 0.167. The van der Waals surface area contributed by atoms with Gasteiger partial charge in [0.05, 0.1) is 6.61 Å². The summed E-state index contributed by atoms with van der Waals surface area (Å²) in [5, 5.41) is 9.38. The fourth-order valence-electron chi connectivity index (χ4n) is 2.12. The van der Waals surface area contributed by atoms with Gasteiger partial charge < -0.3 is 14.7 Å². The van der Waals surface area contributed by atoms with Crippen LogP contribution in [0.2, 0.25) is 5.02 Å². The van der Waals surface area contributed by atoms with Crippen LogP contribution < -0.4 is 4.90 Å². The van der Waals surface area contributed by atoms with E-state index >= 15 is 0 Å². The van der Waals surface area contributed by atoms with Gasteiger partial charge in [0.1, 0.15) is 0 Å². The fourth-order valence-corrected chi connectivity index (χ4v) is 2.28. The van der Waals surface area contributed by atoms with Gasteiger partial charge in [-0.05, 0) is 37.6 Å². The van der Waals surface area contributed by atoms with Gasteiger partial charge in [-0.3, -0.25) is 0 Å². The van der Waals surface area contributed by atoms with Gasteiger partial charge in [-0.15, -0.1) is 0 Å². The SMILES string of the molecule is CCN(c1cc(Cl)ccc1/C=C/C(=O)O)C(C)COC. The van der Waals surface area contributed by atoms with Crippen molar-refractivity contribution in [2.75, 3.05) is 25.2 Å². The molecule has 110 valence electrons. The van der Waals surface area contributed by atoms with Crippen molar-refractivity contribution in [2.24, 2.45) is 0 Å². The molecular weight excluding hydrogens is 278 g/mol. The molecular formula is C15H20ClNO3. The van der Waals surface area contributed by atoms with E-state index in [9.17, 15) is 4.79 Å². The number of ether oxygens (including phenoxy) is 1. The molecule has 0 radical (unpaired) electrons. The van der Waals surface area contributed by atoms with E-state index in [1.807, 2.05) is 19.1 Å². The molecule has 0 amide bonds. The summed E-state index contributed by atoms with van der Waals surface area (Å²) in [5.74, 6) is -0.973. The lowest BCUT2D eigenvalue weighted by molar-refractivity contribution is -0.131. The summed E-state index contributed by atoms with van der Waals surface area (Å²) in [5.41, 5.74) is 1.73. The van der Waals surface area contributed by atoms with Crippen LogP contribution in [0.3, 0.4) is 0 Å². The highest BCUT2D eigenvalue weighted by Gasteiger charge is 2.15. The Balaban J connectivity index is 3.18. The molecule has 1 rings (SSSR count). The molecule has 1 unspecified atom stereocenters. The predicted octanol–water partition coefficient (Wildman–Crippen LogP) is 3.30. The summed E-state index contributed by atoms with van der Waals surface area (Å²) in [6.45, 7) is 5.46. The van der Waals surface area contributed by atoms with E-state index in [1.165, 1.54) is 0 Å². The molecule has 0 saturated carbocycles. The third-order valence-electron chi connectivity index (χ3n) is 2.99. The van der Waals surface area contributed by atoms with Crippen LogP contribution in [0.15, 0.2) is 24.3 Å². The van der Waals surface area contributed by atoms with Gasteiger partial charge in [-0.25, -0.2) is 4.79 Å². The second kappa shape index (κ2) is 7.92. The van der Waals surface area contributed by atoms with Crippen LogP contribution in [0.4, 0.5) is 5.69 Å². The molecule has 1 aromatic carbocycles. The van der Waals surface area contributed by atoms with Gasteiger partial charge in [0, 0.05) is 36.5 Å². The number of aliphatic carboxylic acids is 1. The van der Waals surface area contributed by atoms with E-state index in [4.69, 9.17) is 21.4 Å². The molecule has 0 heterocycles. The molecule has 1 atom stereocenters. The lowest BCUT2D eigenvalue weighted by atomic mass is 10.1. The Bertz CT molecular complexity index is 488. The van der Waals surface area contributed by atoms with Crippen molar-refractivity contribution in [1.29, 1.82) is 0 Å². The van der Waals surface area contributed by atoms with E-state index in [1.54, 1.807) is 19.3 Å². The van der Waals surface area contributed by atoms with Crippen molar-refractivity contribution in [1.82, 2.24) is 0 Å². The molecule has 0 spiro atoms. The molecule has 1 N–H and O–H groups in total. The average molecular weight is 298 g/mol. The number of hydrogen-bond acceptors (Lipinski definition) is 3. The van der Waals surface area contributed by atoms with Gasteiger partial charge in [0.2, 0.25) is 0 Å².